The van der Waals surface area contributed by atoms with E-state index in [-0.39, 0.29) is 5.91 Å². The largest absolute Gasteiger partial charge is 0.494 e. The summed E-state index contributed by atoms with van der Waals surface area (Å²) in [6.45, 7) is 6.44. The van der Waals surface area contributed by atoms with Crippen molar-refractivity contribution in [3.05, 3.63) is 29.8 Å². The van der Waals surface area contributed by atoms with Crippen molar-refractivity contribution in [3.63, 3.8) is 0 Å². The van der Waals surface area contributed by atoms with Crippen molar-refractivity contribution in [2.24, 2.45) is 5.92 Å². The third-order valence-corrected chi connectivity index (χ3v) is 4.53. The first kappa shape index (κ1) is 19.7. The highest BCUT2D eigenvalue weighted by atomic mass is 16.5. The van der Waals surface area contributed by atoms with Crippen LogP contribution in [-0.4, -0.2) is 57.4 Å². The molecule has 0 N–H and O–H groups in total. The molecule has 0 radical (unpaired) electrons. The molecule has 1 amide bonds. The fraction of sp³-hybridized carbons (Fsp3) is 0.650. The second kappa shape index (κ2) is 11.1. The van der Waals surface area contributed by atoms with Gasteiger partial charge in [0.15, 0.2) is 0 Å². The maximum Gasteiger partial charge on any atom is 0.253 e. The molecule has 0 aliphatic carbocycles. The lowest BCUT2D eigenvalue weighted by Crippen LogP contribution is -2.39. The van der Waals surface area contributed by atoms with Crippen LogP contribution in [0.1, 0.15) is 43.0 Å². The zero-order chi connectivity index (χ0) is 17.9. The van der Waals surface area contributed by atoms with Gasteiger partial charge < -0.3 is 19.1 Å². The molecule has 0 saturated carbocycles. The van der Waals surface area contributed by atoms with E-state index in [9.17, 15) is 4.79 Å². The molecule has 25 heavy (non-hydrogen) atoms. The van der Waals surface area contributed by atoms with Gasteiger partial charge in [-0.15, -0.1) is 0 Å². The first-order chi connectivity index (χ1) is 12.2. The summed E-state index contributed by atoms with van der Waals surface area (Å²) in [5.74, 6) is 1.41. The summed E-state index contributed by atoms with van der Waals surface area (Å²) in [6, 6.07) is 7.54. The summed E-state index contributed by atoms with van der Waals surface area (Å²) in [7, 11) is 1.68. The van der Waals surface area contributed by atoms with E-state index in [0.717, 1.165) is 51.1 Å². The first-order valence-electron chi connectivity index (χ1n) is 9.33. The van der Waals surface area contributed by atoms with Crippen molar-refractivity contribution in [2.45, 2.75) is 32.6 Å². The molecule has 0 spiro atoms. The van der Waals surface area contributed by atoms with Gasteiger partial charge in [0.1, 0.15) is 5.75 Å². The van der Waals surface area contributed by atoms with Gasteiger partial charge in [0.05, 0.1) is 19.8 Å². The Kier molecular flexibility index (Phi) is 8.77. The zero-order valence-corrected chi connectivity index (χ0v) is 15.5. The molecule has 1 fully saturated rings. The van der Waals surface area contributed by atoms with Crippen LogP contribution in [-0.2, 0) is 9.47 Å². The summed E-state index contributed by atoms with van der Waals surface area (Å²) in [6.07, 6.45) is 4.11. The quantitative estimate of drug-likeness (QED) is 0.608. The Labute approximate surface area is 151 Å². The number of amides is 1. The molecule has 0 unspecified atom stereocenters. The van der Waals surface area contributed by atoms with Crippen LogP contribution in [0.25, 0.3) is 0 Å². The van der Waals surface area contributed by atoms with E-state index >= 15 is 0 Å². The van der Waals surface area contributed by atoms with Crippen molar-refractivity contribution >= 4 is 5.91 Å². The Hall–Kier alpha value is -1.59. The first-order valence-corrected chi connectivity index (χ1v) is 9.33. The number of unbranched alkanes of at least 4 members (excludes halogenated alkanes) is 1. The van der Waals surface area contributed by atoms with Crippen molar-refractivity contribution in [1.82, 2.24) is 4.90 Å². The van der Waals surface area contributed by atoms with E-state index in [1.165, 1.54) is 0 Å². The Balaban J connectivity index is 1.78. The Bertz CT molecular complexity index is 512. The van der Waals surface area contributed by atoms with Crippen LogP contribution >= 0.6 is 0 Å². The molecule has 0 bridgehead atoms. The number of carbonyl (C=O) groups excluding carboxylic acids is 1. The lowest BCUT2D eigenvalue weighted by molar-refractivity contribution is 0.0327. The Morgan fingerprint density at radius 3 is 2.72 bits per heavy atom. The predicted molar refractivity (Wildman–Crippen MR) is 98.2 cm³/mol. The van der Waals surface area contributed by atoms with Crippen molar-refractivity contribution in [2.75, 3.05) is 46.6 Å². The van der Waals surface area contributed by atoms with Crippen LogP contribution in [0.3, 0.4) is 0 Å². The minimum Gasteiger partial charge on any atom is -0.494 e. The standard InChI is InChI=1S/C20H31NO4/c1-3-4-12-25-19-7-5-6-18(15-19)20(22)21-10-8-17(9-11-21)16-24-14-13-23-2/h5-7,15,17H,3-4,8-14,16H2,1-2H3. The zero-order valence-electron chi connectivity index (χ0n) is 15.5. The smallest absolute Gasteiger partial charge is 0.253 e. The summed E-state index contributed by atoms with van der Waals surface area (Å²) in [5.41, 5.74) is 0.712. The van der Waals surface area contributed by atoms with E-state index in [1.807, 2.05) is 29.2 Å². The second-order valence-corrected chi connectivity index (χ2v) is 6.53. The minimum absolute atomic E-state index is 0.0969. The maximum atomic E-state index is 12.7. The highest BCUT2D eigenvalue weighted by Gasteiger charge is 2.23. The van der Waals surface area contributed by atoms with Crippen molar-refractivity contribution in [1.29, 1.82) is 0 Å². The van der Waals surface area contributed by atoms with Crippen LogP contribution in [0.4, 0.5) is 0 Å². The number of carbonyl (C=O) groups is 1. The number of rotatable bonds is 10. The van der Waals surface area contributed by atoms with Crippen LogP contribution in [0.5, 0.6) is 5.75 Å². The molecule has 1 aromatic rings. The minimum atomic E-state index is 0.0969. The molecule has 0 aromatic heterocycles. The lowest BCUT2D eigenvalue weighted by Gasteiger charge is -2.32. The van der Waals surface area contributed by atoms with E-state index in [1.54, 1.807) is 7.11 Å². The van der Waals surface area contributed by atoms with E-state index in [0.29, 0.717) is 31.3 Å². The fourth-order valence-electron chi connectivity index (χ4n) is 2.93. The topological polar surface area (TPSA) is 48.0 Å². The number of likely N-dealkylation sites (tertiary alicyclic amines) is 1. The van der Waals surface area contributed by atoms with Gasteiger partial charge in [-0.2, -0.15) is 0 Å². The Morgan fingerprint density at radius 1 is 1.20 bits per heavy atom. The van der Waals surface area contributed by atoms with Gasteiger partial charge in [-0.3, -0.25) is 4.79 Å². The van der Waals surface area contributed by atoms with Crippen LogP contribution in [0, 0.1) is 5.92 Å². The molecule has 2 rings (SSSR count). The molecule has 1 saturated heterocycles. The molecule has 1 heterocycles. The maximum absolute atomic E-state index is 12.7. The van der Waals surface area contributed by atoms with Gasteiger partial charge in [0, 0.05) is 32.4 Å². The van der Waals surface area contributed by atoms with Gasteiger partial charge in [0.2, 0.25) is 0 Å². The number of methoxy groups -OCH3 is 1. The van der Waals surface area contributed by atoms with Crippen molar-refractivity contribution in [3.8, 4) is 5.75 Å². The molecule has 5 nitrogen and oxygen atoms in total. The highest BCUT2D eigenvalue weighted by Crippen LogP contribution is 2.21. The highest BCUT2D eigenvalue weighted by molar-refractivity contribution is 5.94. The molecule has 1 aliphatic rings. The van der Waals surface area contributed by atoms with Crippen molar-refractivity contribution < 1.29 is 19.0 Å². The third kappa shape index (κ3) is 6.67. The molecule has 1 aliphatic heterocycles. The average Bonchev–Trinajstić information content (AvgIpc) is 2.66. The summed E-state index contributed by atoms with van der Waals surface area (Å²) >= 11 is 0. The van der Waals surface area contributed by atoms with Crippen LogP contribution in [0.15, 0.2) is 24.3 Å². The fourth-order valence-corrected chi connectivity index (χ4v) is 2.93. The second-order valence-electron chi connectivity index (χ2n) is 6.53. The number of hydrogen-bond donors (Lipinski definition) is 0. The van der Waals surface area contributed by atoms with Gasteiger partial charge in [-0.25, -0.2) is 0 Å². The number of hydrogen-bond acceptors (Lipinski definition) is 4. The molecular formula is C20H31NO4. The number of ether oxygens (including phenoxy) is 3. The van der Waals surface area contributed by atoms with Gasteiger partial charge >= 0.3 is 0 Å². The normalized spacial score (nSPS) is 15.4. The van der Waals surface area contributed by atoms with Crippen LogP contribution < -0.4 is 4.74 Å². The number of piperidine rings is 1. The van der Waals surface area contributed by atoms with Gasteiger partial charge in [-0.1, -0.05) is 19.4 Å². The number of benzene rings is 1. The predicted octanol–water partition coefficient (Wildman–Crippen LogP) is 3.38. The van der Waals surface area contributed by atoms with E-state index in [4.69, 9.17) is 14.2 Å². The summed E-state index contributed by atoms with van der Waals surface area (Å²) in [4.78, 5) is 14.7. The van der Waals surface area contributed by atoms with E-state index < -0.39 is 0 Å². The van der Waals surface area contributed by atoms with Gasteiger partial charge in [0.25, 0.3) is 5.91 Å². The lowest BCUT2D eigenvalue weighted by atomic mass is 9.97. The van der Waals surface area contributed by atoms with Crippen LogP contribution in [0.2, 0.25) is 0 Å². The summed E-state index contributed by atoms with van der Waals surface area (Å²) < 4.78 is 16.3. The SMILES string of the molecule is CCCCOc1cccc(C(=O)N2CCC(COCCOC)CC2)c1. The molecule has 5 heteroatoms. The third-order valence-electron chi connectivity index (χ3n) is 4.53. The molecular weight excluding hydrogens is 318 g/mol. The molecule has 140 valence electrons. The monoisotopic (exact) mass is 349 g/mol. The van der Waals surface area contributed by atoms with E-state index in [2.05, 4.69) is 6.92 Å². The average molecular weight is 349 g/mol. The molecule has 0 atom stereocenters. The Morgan fingerprint density at radius 2 is 2.00 bits per heavy atom. The molecule has 1 aromatic carbocycles. The van der Waals surface area contributed by atoms with Gasteiger partial charge in [-0.05, 0) is 43.4 Å². The summed E-state index contributed by atoms with van der Waals surface area (Å²) in [5, 5.41) is 0. The number of nitrogens with zero attached hydrogens (tertiary/aromatic N) is 1.